The molecule has 0 bridgehead atoms. The van der Waals surface area contributed by atoms with E-state index in [4.69, 9.17) is 99.5 Å². The van der Waals surface area contributed by atoms with Gasteiger partial charge in [-0.25, -0.2) is 0 Å². The fourth-order valence-corrected chi connectivity index (χ4v) is 14.4. The lowest BCUT2D eigenvalue weighted by Gasteiger charge is -2.50. The predicted molar refractivity (Wildman–Crippen MR) is 338 cm³/mol. The number of aliphatic hydroxyl groups is 31. The van der Waals surface area contributed by atoms with Crippen molar-refractivity contribution in [1.29, 1.82) is 0 Å². The second-order valence-corrected chi connectivity index (χ2v) is 29.2. The Balaban J connectivity index is 0.799. The van der Waals surface area contributed by atoms with E-state index < -0.39 is 386 Å². The fourth-order valence-electron chi connectivity index (χ4n) is 14.4. The zero-order valence-corrected chi connectivity index (χ0v) is 59.7. The molecular formula is C62H104O52. The van der Waals surface area contributed by atoms with E-state index in [1.54, 1.807) is 0 Å². The topological polar surface area (TPSA) is 821 Å². The van der Waals surface area contributed by atoms with E-state index in [0.29, 0.717) is 0 Å². The molecule has 0 aromatic rings. The van der Waals surface area contributed by atoms with Crippen molar-refractivity contribution < 1.29 is 258 Å². The van der Waals surface area contributed by atoms with Crippen LogP contribution in [0.25, 0.3) is 0 Å². The summed E-state index contributed by atoms with van der Waals surface area (Å²) in [4.78, 5) is 0. The van der Waals surface area contributed by atoms with Gasteiger partial charge in [0.2, 0.25) is 0 Å². The minimum absolute atomic E-state index is 0.492. The number of aliphatic hydroxyl groups excluding tert-OH is 31. The highest BCUT2D eigenvalue weighted by Crippen LogP contribution is 2.40. The molecular weight excluding hydrogens is 1580 g/mol. The Morgan fingerprint density at radius 1 is 0.184 bits per heavy atom. The molecule has 0 spiro atoms. The predicted octanol–water partition coefficient (Wildman–Crippen LogP) is -22.4. The third kappa shape index (κ3) is 19.9. The summed E-state index contributed by atoms with van der Waals surface area (Å²) in [5.74, 6) is 0. The molecule has 1 unspecified atom stereocenters. The summed E-state index contributed by atoms with van der Waals surface area (Å²) in [5.41, 5.74) is 0. The molecule has 11 aliphatic rings. The molecule has 0 aliphatic carbocycles. The van der Waals surface area contributed by atoms with Crippen LogP contribution in [0.3, 0.4) is 0 Å². The summed E-state index contributed by atoms with van der Waals surface area (Å²) in [5, 5.41) is 338. The van der Waals surface area contributed by atoms with Crippen molar-refractivity contribution in [2.75, 3.05) is 72.7 Å². The minimum Gasteiger partial charge on any atom is -0.394 e. The third-order valence-electron chi connectivity index (χ3n) is 21.3. The summed E-state index contributed by atoms with van der Waals surface area (Å²) in [6.45, 7) is -9.55. The SMILES string of the molecule is OC[C@H]1O[C@@H](O[C@H]2[C@H](O)[C@@H](O)[C@H](O[C@H]3[C@H](O)[C@@H](O)[C@H](O[C@H]4[C@H](O)[C@@H](O)[C@H](O[C@H]5[C@H](O)[C@@H](O)[C@H](O[C@H]6[C@H](O)[C@@H](O)C(O)O[C@@H]6CO)O[C@@H]5CO[C@H]5OC[C@@H](O)[C@H](O)[C@H]5O)O[C@@H]4CO[C@H]4OC[C@@H](O)[C@H](O)[C@H]4O)O[C@@H]3CO[C@H]3OC[C@@H](O)[C@H](O)[C@H]3O)O[C@@H]2CO)[C@H](O)[C@@H](O)[C@@H]1O[C@@H]1O[C@H](CO[C@H]2OC[C@@H](O)[C@H](O)[C@H]2O)[C@@H](O)[C@H](O)[C@H]1O. The molecule has 52 nitrogen and oxygen atoms in total. The number of rotatable bonds is 27. The Morgan fingerprint density at radius 2 is 0.377 bits per heavy atom. The van der Waals surface area contributed by atoms with Gasteiger partial charge in [-0.15, -0.1) is 0 Å². The van der Waals surface area contributed by atoms with Crippen LogP contribution < -0.4 is 0 Å². The molecule has 664 valence electrons. The largest absolute Gasteiger partial charge is 0.394 e. The lowest BCUT2D eigenvalue weighted by atomic mass is 9.95. The minimum atomic E-state index is -2.51. The first-order valence-corrected chi connectivity index (χ1v) is 36.3. The number of ether oxygens (including phenoxy) is 21. The van der Waals surface area contributed by atoms with Gasteiger partial charge in [-0.05, 0) is 0 Å². The van der Waals surface area contributed by atoms with E-state index in [-0.39, 0.29) is 0 Å². The molecule has 31 N–H and O–H groups in total. The van der Waals surface area contributed by atoms with Crippen molar-refractivity contribution >= 4 is 0 Å². The second-order valence-electron chi connectivity index (χ2n) is 29.2. The average Bonchev–Trinajstić information content (AvgIpc) is 0.777. The average molecular weight is 1680 g/mol. The molecule has 0 amide bonds. The van der Waals surface area contributed by atoms with Gasteiger partial charge in [0.25, 0.3) is 0 Å². The Bertz CT molecular complexity index is 2890. The van der Waals surface area contributed by atoms with Crippen LogP contribution in [-0.4, -0.2) is 544 Å². The quantitative estimate of drug-likeness (QED) is 0.0363. The summed E-state index contributed by atoms with van der Waals surface area (Å²) >= 11 is 0. The monoisotopic (exact) mass is 1680 g/mol. The van der Waals surface area contributed by atoms with Crippen molar-refractivity contribution in [2.45, 2.75) is 313 Å². The first-order chi connectivity index (χ1) is 54.0. The van der Waals surface area contributed by atoms with Gasteiger partial charge in [0, 0.05) is 0 Å². The summed E-state index contributed by atoms with van der Waals surface area (Å²) < 4.78 is 120. The van der Waals surface area contributed by atoms with E-state index in [1.807, 2.05) is 0 Å². The fraction of sp³-hybridized carbons (Fsp3) is 1.00. The zero-order valence-electron chi connectivity index (χ0n) is 59.7. The molecule has 51 atom stereocenters. The highest BCUT2D eigenvalue weighted by molar-refractivity contribution is 5.02. The standard InChI is InChI=1S/C62H104O52/c63-1-16-46(29(76)35(82)52(93)102-16)109-60-43(90)32(79)50(21(106-60)10-100-55-38(85)25(72)14(68)6-96-55)113-62-45(92)34(81)51(22(108-62)11-101-56-39(86)26(73)15(69)7-97-56)114-61-44(91)33(80)49(20(107-61)9-99-54-37(84)24(71)13(67)5-95-54)112-59-42(89)31(78)48(18(3-65)104-59)111-58-41(88)30(77)47(17(2-64)103-58)110-57-40(87)28(75)27(74)19(105-57)8-98-53-36(83)23(70)12(66)4-94-53/h12-93H,1-11H2/t12-,13-,14-,15-,16-,17-,18-,19-,20-,21-,22-,23+,24+,25+,26+,27-,28+,29-,30-,31-,32-,33-,34-,35-,36-,37-,38-,39-,40-,41-,42-,43-,44-,45-,46-,47-,48-,49-,50-,51-,52?,53-,54-,55-,56-,57+,58+,59+,60+,61+,62+/m1/s1. The molecule has 0 saturated carbocycles. The molecule has 11 saturated heterocycles. The van der Waals surface area contributed by atoms with E-state index in [1.165, 1.54) is 0 Å². The normalized spacial score (nSPS) is 54.1. The van der Waals surface area contributed by atoms with Crippen LogP contribution in [0.4, 0.5) is 0 Å². The summed E-state index contributed by atoms with van der Waals surface area (Å²) in [6.07, 6.45) is -104. The molecule has 11 rings (SSSR count). The van der Waals surface area contributed by atoms with E-state index in [9.17, 15) is 158 Å². The number of hydrogen-bond acceptors (Lipinski definition) is 52. The maximum Gasteiger partial charge on any atom is 0.187 e. The first kappa shape index (κ1) is 92.6. The summed E-state index contributed by atoms with van der Waals surface area (Å²) in [7, 11) is 0. The van der Waals surface area contributed by atoms with Gasteiger partial charge >= 0.3 is 0 Å². The van der Waals surface area contributed by atoms with Crippen LogP contribution in [-0.2, 0) is 99.5 Å². The molecule has 0 aromatic heterocycles. The molecule has 52 heteroatoms. The molecule has 0 aromatic carbocycles. The lowest BCUT2D eigenvalue weighted by Crippen LogP contribution is -2.68. The van der Waals surface area contributed by atoms with Crippen molar-refractivity contribution in [3.63, 3.8) is 0 Å². The molecule has 11 aliphatic heterocycles. The van der Waals surface area contributed by atoms with Gasteiger partial charge in [0.1, 0.15) is 244 Å². The van der Waals surface area contributed by atoms with Gasteiger partial charge in [0.05, 0.1) is 72.7 Å². The van der Waals surface area contributed by atoms with Crippen LogP contribution in [0, 0.1) is 0 Å². The zero-order chi connectivity index (χ0) is 83.1. The van der Waals surface area contributed by atoms with Crippen LogP contribution >= 0.6 is 0 Å². The highest BCUT2D eigenvalue weighted by Gasteiger charge is 2.60. The van der Waals surface area contributed by atoms with E-state index in [0.717, 1.165) is 0 Å². The van der Waals surface area contributed by atoms with Crippen LogP contribution in [0.15, 0.2) is 0 Å². The molecule has 0 radical (unpaired) electrons. The van der Waals surface area contributed by atoms with Gasteiger partial charge in [-0.1, -0.05) is 0 Å². The van der Waals surface area contributed by atoms with Gasteiger partial charge in [-0.2, -0.15) is 0 Å². The maximum absolute atomic E-state index is 12.2. The van der Waals surface area contributed by atoms with Gasteiger partial charge < -0.3 is 258 Å². The van der Waals surface area contributed by atoms with Crippen molar-refractivity contribution in [2.24, 2.45) is 0 Å². The smallest absolute Gasteiger partial charge is 0.187 e. The second kappa shape index (κ2) is 40.1. The Morgan fingerprint density at radius 3 is 0.632 bits per heavy atom. The van der Waals surface area contributed by atoms with Crippen molar-refractivity contribution in [3.8, 4) is 0 Å². The third-order valence-corrected chi connectivity index (χ3v) is 21.3. The number of hydrogen-bond donors (Lipinski definition) is 31. The molecule has 11 heterocycles. The first-order valence-electron chi connectivity index (χ1n) is 36.3. The van der Waals surface area contributed by atoms with Crippen LogP contribution in [0.1, 0.15) is 0 Å². The maximum atomic E-state index is 12.2. The Labute approximate surface area is 642 Å². The van der Waals surface area contributed by atoms with Gasteiger partial charge in [-0.3, -0.25) is 0 Å². The summed E-state index contributed by atoms with van der Waals surface area (Å²) in [6, 6.07) is 0. The lowest BCUT2D eigenvalue weighted by molar-refractivity contribution is -0.402. The van der Waals surface area contributed by atoms with Crippen LogP contribution in [0.5, 0.6) is 0 Å². The van der Waals surface area contributed by atoms with E-state index >= 15 is 0 Å². The Hall–Kier alpha value is -2.08. The highest BCUT2D eigenvalue weighted by atomic mass is 16.8. The van der Waals surface area contributed by atoms with Gasteiger partial charge in [0.15, 0.2) is 69.2 Å². The van der Waals surface area contributed by atoms with Crippen LogP contribution in [0.2, 0.25) is 0 Å². The molecule has 11 fully saturated rings. The molecule has 114 heavy (non-hydrogen) atoms. The van der Waals surface area contributed by atoms with E-state index in [2.05, 4.69) is 0 Å². The van der Waals surface area contributed by atoms with Crippen molar-refractivity contribution in [1.82, 2.24) is 0 Å². The van der Waals surface area contributed by atoms with Crippen molar-refractivity contribution in [3.05, 3.63) is 0 Å². The Kier molecular flexibility index (Phi) is 32.5.